The van der Waals surface area contributed by atoms with Crippen molar-refractivity contribution in [1.29, 1.82) is 0 Å². The van der Waals surface area contributed by atoms with Crippen LogP contribution < -0.4 is 0 Å². The molecular weight excluding hydrogens is 232 g/mol. The molecule has 3 nitrogen and oxygen atoms in total. The smallest absolute Gasteiger partial charge is 0.126 e. The van der Waals surface area contributed by atoms with Gasteiger partial charge in [-0.1, -0.05) is 0 Å². The average Bonchev–Trinajstić information content (AvgIpc) is 2.34. The van der Waals surface area contributed by atoms with Crippen LogP contribution in [0.15, 0.2) is 12.4 Å². The monoisotopic (exact) mass is 250 g/mol. The summed E-state index contributed by atoms with van der Waals surface area (Å²) < 4.78 is 0. The summed E-state index contributed by atoms with van der Waals surface area (Å²) in [6.45, 7) is 7.38. The summed E-state index contributed by atoms with van der Waals surface area (Å²) in [7, 11) is 2.08. The minimum absolute atomic E-state index is 0. The highest BCUT2D eigenvalue weighted by molar-refractivity contribution is 8.93. The number of rotatable bonds is 1. The topological polar surface area (TPSA) is 23.6 Å². The Kier molecular flexibility index (Phi) is 9.34. The highest BCUT2D eigenvalue weighted by Gasteiger charge is 2.03. The maximum atomic E-state index is 9.44. The highest BCUT2D eigenvalue weighted by atomic mass is 79.9. The molecule has 0 aliphatic carbocycles. The van der Waals surface area contributed by atoms with Gasteiger partial charge >= 0.3 is 0 Å². The van der Waals surface area contributed by atoms with Gasteiger partial charge in [-0.2, -0.15) is 0 Å². The molecule has 78 valence electrons. The molecule has 0 bridgehead atoms. The van der Waals surface area contributed by atoms with Gasteiger partial charge in [-0.25, -0.2) is 0 Å². The van der Waals surface area contributed by atoms with Crippen molar-refractivity contribution in [3.63, 3.8) is 0 Å². The predicted molar refractivity (Wildman–Crippen MR) is 60.8 cm³/mol. The van der Waals surface area contributed by atoms with Gasteiger partial charge in [-0.15, -0.1) is 17.0 Å². The summed E-state index contributed by atoms with van der Waals surface area (Å²) in [6.07, 6.45) is 4.20. The van der Waals surface area contributed by atoms with Crippen LogP contribution in [0.3, 0.4) is 0 Å². The molecular formula is C9H19BrN2O. The molecule has 0 aromatic rings. The van der Waals surface area contributed by atoms with Crippen LogP contribution in [0.4, 0.5) is 0 Å². The van der Waals surface area contributed by atoms with E-state index in [1.54, 1.807) is 0 Å². The third-order valence-corrected chi connectivity index (χ3v) is 1.34. The highest BCUT2D eigenvalue weighted by Crippen LogP contribution is 2.00. The van der Waals surface area contributed by atoms with Crippen LogP contribution in [0.1, 0.15) is 20.8 Å². The van der Waals surface area contributed by atoms with E-state index in [0.29, 0.717) is 0 Å². The van der Waals surface area contributed by atoms with E-state index in [1.807, 2.05) is 0 Å². The number of carbonyl (C=O) groups is 1. The van der Waals surface area contributed by atoms with Gasteiger partial charge in [0, 0.05) is 26.0 Å². The average molecular weight is 251 g/mol. The molecule has 0 N–H and O–H groups in total. The number of hydrogen-bond acceptors (Lipinski definition) is 3. The molecule has 0 spiro atoms. The Balaban J connectivity index is 0. The van der Waals surface area contributed by atoms with Crippen molar-refractivity contribution in [3.05, 3.63) is 12.4 Å². The first-order chi connectivity index (χ1) is 5.56. The second kappa shape index (κ2) is 8.10. The lowest BCUT2D eigenvalue weighted by Crippen LogP contribution is -2.21. The van der Waals surface area contributed by atoms with Crippen LogP contribution in [0, 0.1) is 0 Å². The summed E-state index contributed by atoms with van der Waals surface area (Å²) >= 11 is 0. The van der Waals surface area contributed by atoms with E-state index >= 15 is 0 Å². The van der Waals surface area contributed by atoms with Crippen molar-refractivity contribution in [2.75, 3.05) is 20.3 Å². The first-order valence-electron chi connectivity index (χ1n) is 4.16. The summed E-state index contributed by atoms with van der Waals surface area (Å²) in [6, 6.07) is 0. The third-order valence-electron chi connectivity index (χ3n) is 1.34. The zero-order chi connectivity index (χ0) is 9.56. The SMILES string of the molecule is Br.CC(C)=O.CCN1C=CN(C)C1. The molecule has 0 atom stereocenters. The lowest BCUT2D eigenvalue weighted by molar-refractivity contribution is -0.114. The van der Waals surface area contributed by atoms with Gasteiger partial charge in [0.05, 0.1) is 6.67 Å². The van der Waals surface area contributed by atoms with E-state index in [1.165, 1.54) is 13.8 Å². The number of nitrogens with zero attached hydrogens (tertiary/aromatic N) is 2. The van der Waals surface area contributed by atoms with Crippen molar-refractivity contribution >= 4 is 22.8 Å². The van der Waals surface area contributed by atoms with Crippen LogP contribution in [0.5, 0.6) is 0 Å². The van der Waals surface area contributed by atoms with Crippen molar-refractivity contribution < 1.29 is 4.79 Å². The zero-order valence-electron chi connectivity index (χ0n) is 8.78. The fourth-order valence-electron chi connectivity index (χ4n) is 0.794. The molecule has 1 aliphatic rings. The number of halogens is 1. The van der Waals surface area contributed by atoms with Gasteiger partial charge in [-0.05, 0) is 20.8 Å². The molecule has 0 fully saturated rings. The number of ketones is 1. The number of carbonyl (C=O) groups excluding carboxylic acids is 1. The Bertz CT molecular complexity index is 167. The molecule has 4 heteroatoms. The third kappa shape index (κ3) is 9.40. The normalized spacial score (nSPS) is 13.2. The first kappa shape index (κ1) is 15.0. The molecule has 0 aromatic carbocycles. The molecule has 0 saturated carbocycles. The molecule has 0 unspecified atom stereocenters. The van der Waals surface area contributed by atoms with Gasteiger partial charge < -0.3 is 14.6 Å². The second-order valence-corrected chi connectivity index (χ2v) is 3.01. The fraction of sp³-hybridized carbons (Fsp3) is 0.667. The standard InChI is InChI=1S/C6H12N2.C3H6O.BrH/c1-3-8-5-4-7(2)6-8;1-3(2)4;/h4-5H,3,6H2,1-2H3;1-2H3;1H. The summed E-state index contributed by atoms with van der Waals surface area (Å²) in [5.41, 5.74) is 0. The minimum atomic E-state index is 0. The largest absolute Gasteiger partial charge is 0.362 e. The quantitative estimate of drug-likeness (QED) is 0.710. The van der Waals surface area contributed by atoms with Gasteiger partial charge in [0.1, 0.15) is 5.78 Å². The maximum absolute atomic E-state index is 9.44. The van der Waals surface area contributed by atoms with Gasteiger partial charge in [-0.3, -0.25) is 0 Å². The lowest BCUT2D eigenvalue weighted by Gasteiger charge is -2.14. The van der Waals surface area contributed by atoms with E-state index in [4.69, 9.17) is 0 Å². The Labute approximate surface area is 91.2 Å². The molecule has 13 heavy (non-hydrogen) atoms. The molecule has 0 radical (unpaired) electrons. The molecule has 0 aromatic heterocycles. The first-order valence-corrected chi connectivity index (χ1v) is 4.16. The van der Waals surface area contributed by atoms with E-state index in [9.17, 15) is 4.79 Å². The van der Waals surface area contributed by atoms with Crippen molar-refractivity contribution in [2.45, 2.75) is 20.8 Å². The van der Waals surface area contributed by atoms with E-state index in [2.05, 4.69) is 36.2 Å². The van der Waals surface area contributed by atoms with E-state index in [-0.39, 0.29) is 22.8 Å². The molecule has 1 aliphatic heterocycles. The summed E-state index contributed by atoms with van der Waals surface area (Å²) in [5, 5.41) is 0. The lowest BCUT2D eigenvalue weighted by atomic mass is 10.6. The predicted octanol–water partition coefficient (Wildman–Crippen LogP) is 1.86. The molecule has 1 heterocycles. The van der Waals surface area contributed by atoms with Gasteiger partial charge in [0.15, 0.2) is 0 Å². The maximum Gasteiger partial charge on any atom is 0.126 e. The zero-order valence-corrected chi connectivity index (χ0v) is 10.5. The Morgan fingerprint density at radius 2 is 1.85 bits per heavy atom. The molecule has 0 amide bonds. The van der Waals surface area contributed by atoms with Crippen LogP contribution in [0.25, 0.3) is 0 Å². The van der Waals surface area contributed by atoms with Crippen LogP contribution in [-0.2, 0) is 4.79 Å². The van der Waals surface area contributed by atoms with E-state index < -0.39 is 0 Å². The van der Waals surface area contributed by atoms with Crippen molar-refractivity contribution in [3.8, 4) is 0 Å². The van der Waals surface area contributed by atoms with Crippen LogP contribution >= 0.6 is 17.0 Å². The molecule has 1 rings (SSSR count). The number of hydrogen-bond donors (Lipinski definition) is 0. The van der Waals surface area contributed by atoms with Gasteiger partial charge in [0.25, 0.3) is 0 Å². The minimum Gasteiger partial charge on any atom is -0.362 e. The summed E-state index contributed by atoms with van der Waals surface area (Å²) in [4.78, 5) is 13.9. The Morgan fingerprint density at radius 1 is 1.38 bits per heavy atom. The molecule has 0 saturated heterocycles. The number of Topliss-reactive ketones (excluding diaryl/α,β-unsaturated/α-hetero) is 1. The fourth-order valence-corrected chi connectivity index (χ4v) is 0.794. The van der Waals surface area contributed by atoms with Crippen LogP contribution in [-0.4, -0.2) is 35.8 Å². The van der Waals surface area contributed by atoms with Crippen molar-refractivity contribution in [2.24, 2.45) is 0 Å². The van der Waals surface area contributed by atoms with Crippen LogP contribution in [0.2, 0.25) is 0 Å². The van der Waals surface area contributed by atoms with E-state index in [0.717, 1.165) is 13.2 Å². The second-order valence-electron chi connectivity index (χ2n) is 3.01. The Morgan fingerprint density at radius 3 is 2.00 bits per heavy atom. The van der Waals surface area contributed by atoms with Crippen molar-refractivity contribution in [1.82, 2.24) is 9.80 Å². The Hall–Kier alpha value is -0.510. The van der Waals surface area contributed by atoms with Gasteiger partial charge in [0.2, 0.25) is 0 Å². The summed E-state index contributed by atoms with van der Waals surface area (Å²) in [5.74, 6) is 0.167.